The van der Waals surface area contributed by atoms with Crippen LogP contribution < -0.4 is 10.6 Å². The first-order valence-electron chi connectivity index (χ1n) is 5.25. The van der Waals surface area contributed by atoms with Crippen LogP contribution >= 0.6 is 0 Å². The topological polar surface area (TPSA) is 100 Å². The summed E-state index contributed by atoms with van der Waals surface area (Å²) in [6.45, 7) is 1.90. The van der Waals surface area contributed by atoms with Crippen molar-refractivity contribution in [1.29, 1.82) is 0 Å². The van der Waals surface area contributed by atoms with Crippen molar-refractivity contribution >= 4 is 22.6 Å². The van der Waals surface area contributed by atoms with E-state index in [1.807, 2.05) is 13.0 Å². The molecule has 0 radical (unpaired) electrons. The Morgan fingerprint density at radius 3 is 3.00 bits per heavy atom. The highest BCUT2D eigenvalue weighted by Crippen LogP contribution is 2.15. The lowest BCUT2D eigenvalue weighted by atomic mass is 10.2. The van der Waals surface area contributed by atoms with Gasteiger partial charge >= 0.3 is 0 Å². The SMILES string of the molecule is Cc1ccc2c(c1)n1ncc(C(N)=O)c1n[n+]2[O-]. The van der Waals surface area contributed by atoms with Crippen LogP contribution in [0.3, 0.4) is 0 Å². The Morgan fingerprint density at radius 1 is 1.50 bits per heavy atom. The molecule has 1 aromatic carbocycles. The molecule has 0 atom stereocenters. The smallest absolute Gasteiger partial charge is 0.270 e. The van der Waals surface area contributed by atoms with Crippen molar-refractivity contribution < 1.29 is 9.64 Å². The maximum Gasteiger partial charge on any atom is 0.270 e. The summed E-state index contributed by atoms with van der Waals surface area (Å²) < 4.78 is 1.44. The molecule has 1 amide bonds. The first kappa shape index (κ1) is 10.5. The largest absolute Gasteiger partial charge is 0.594 e. The Labute approximate surface area is 101 Å². The average molecular weight is 243 g/mol. The minimum Gasteiger partial charge on any atom is -0.594 e. The Bertz CT molecular complexity index is 793. The van der Waals surface area contributed by atoms with Gasteiger partial charge in [-0.15, -0.1) is 0 Å². The molecule has 0 spiro atoms. The van der Waals surface area contributed by atoms with Crippen LogP contribution in [0.15, 0.2) is 24.4 Å². The Kier molecular flexibility index (Phi) is 1.97. The van der Waals surface area contributed by atoms with E-state index in [-0.39, 0.29) is 11.2 Å². The van der Waals surface area contributed by atoms with Gasteiger partial charge in [0.2, 0.25) is 5.65 Å². The molecule has 0 aliphatic heterocycles. The first-order valence-corrected chi connectivity index (χ1v) is 5.25. The number of nitrogens with two attached hydrogens (primary N) is 1. The molecule has 3 rings (SSSR count). The van der Waals surface area contributed by atoms with Crippen LogP contribution in [0.25, 0.3) is 16.7 Å². The van der Waals surface area contributed by atoms with Gasteiger partial charge in [0.05, 0.1) is 6.20 Å². The van der Waals surface area contributed by atoms with Gasteiger partial charge in [-0.3, -0.25) is 4.79 Å². The second-order valence-corrected chi connectivity index (χ2v) is 4.02. The molecule has 0 aliphatic rings. The summed E-state index contributed by atoms with van der Waals surface area (Å²) in [6.07, 6.45) is 1.31. The predicted molar refractivity (Wildman–Crippen MR) is 62.7 cm³/mol. The number of hydrogen-bond acceptors (Lipinski definition) is 4. The quantitative estimate of drug-likeness (QED) is 0.477. The number of primary amides is 1. The van der Waals surface area contributed by atoms with E-state index in [9.17, 15) is 10.0 Å². The van der Waals surface area contributed by atoms with Crippen molar-refractivity contribution in [2.24, 2.45) is 5.73 Å². The van der Waals surface area contributed by atoms with Crippen LogP contribution in [0, 0.1) is 12.1 Å². The summed E-state index contributed by atoms with van der Waals surface area (Å²) in [5, 5.41) is 19.6. The van der Waals surface area contributed by atoms with Gasteiger partial charge in [0.1, 0.15) is 11.1 Å². The third-order valence-electron chi connectivity index (χ3n) is 2.76. The van der Waals surface area contributed by atoms with Crippen LogP contribution in [-0.2, 0) is 0 Å². The van der Waals surface area contributed by atoms with E-state index in [1.54, 1.807) is 12.1 Å². The Balaban J connectivity index is 2.54. The first-order chi connectivity index (χ1) is 8.58. The molecule has 0 bridgehead atoms. The van der Waals surface area contributed by atoms with Gasteiger partial charge in [0, 0.05) is 11.2 Å². The second kappa shape index (κ2) is 3.39. The van der Waals surface area contributed by atoms with Crippen LogP contribution in [0.2, 0.25) is 0 Å². The molecule has 0 saturated heterocycles. The van der Waals surface area contributed by atoms with E-state index in [0.29, 0.717) is 15.9 Å². The van der Waals surface area contributed by atoms with Gasteiger partial charge in [0.25, 0.3) is 11.4 Å². The van der Waals surface area contributed by atoms with Crippen LogP contribution in [0.1, 0.15) is 15.9 Å². The molecule has 0 unspecified atom stereocenters. The zero-order valence-corrected chi connectivity index (χ0v) is 9.49. The molecule has 0 saturated carbocycles. The molecular formula is C11H9N5O2. The highest BCUT2D eigenvalue weighted by Gasteiger charge is 2.18. The van der Waals surface area contributed by atoms with Crippen LogP contribution in [0.4, 0.5) is 0 Å². The summed E-state index contributed by atoms with van der Waals surface area (Å²) >= 11 is 0. The highest BCUT2D eigenvalue weighted by molar-refractivity contribution is 5.99. The number of amides is 1. The minimum atomic E-state index is -0.662. The molecule has 90 valence electrons. The molecule has 0 fully saturated rings. The molecule has 2 aromatic heterocycles. The van der Waals surface area contributed by atoms with Crippen LogP contribution in [0.5, 0.6) is 0 Å². The lowest BCUT2D eigenvalue weighted by Crippen LogP contribution is -2.33. The van der Waals surface area contributed by atoms with Gasteiger partial charge in [0.15, 0.2) is 0 Å². The van der Waals surface area contributed by atoms with Crippen molar-refractivity contribution in [2.45, 2.75) is 6.92 Å². The van der Waals surface area contributed by atoms with Gasteiger partial charge in [-0.1, -0.05) is 6.07 Å². The number of nitrogens with zero attached hydrogens (tertiary/aromatic N) is 4. The zero-order valence-electron chi connectivity index (χ0n) is 9.49. The standard InChI is InChI=1S/C11H9N5O2/c1-6-2-3-8-9(4-6)15-11(14-16(8)18)7(5-13-15)10(12)17/h2-5H,1H3,(H2,12,17). The summed E-state index contributed by atoms with van der Waals surface area (Å²) in [6, 6.07) is 5.27. The number of rotatable bonds is 1. The Hall–Kier alpha value is -2.70. The van der Waals surface area contributed by atoms with E-state index in [2.05, 4.69) is 10.2 Å². The monoisotopic (exact) mass is 243 g/mol. The normalized spacial score (nSPS) is 11.2. The predicted octanol–water partition coefficient (Wildman–Crippen LogP) is -0.0768. The third kappa shape index (κ3) is 1.30. The van der Waals surface area contributed by atoms with Gasteiger partial charge < -0.3 is 10.9 Å². The number of benzene rings is 1. The van der Waals surface area contributed by atoms with E-state index < -0.39 is 5.91 Å². The fourth-order valence-corrected chi connectivity index (χ4v) is 1.89. The summed E-state index contributed by atoms with van der Waals surface area (Å²) in [5.74, 6) is -0.662. The molecule has 2 heterocycles. The van der Waals surface area contributed by atoms with Gasteiger partial charge in [-0.2, -0.15) is 5.10 Å². The van der Waals surface area contributed by atoms with Gasteiger partial charge in [-0.25, -0.2) is 4.52 Å². The number of carbonyl (C=O) groups excluding carboxylic acids is 1. The Morgan fingerprint density at radius 2 is 2.28 bits per heavy atom. The maximum absolute atomic E-state index is 11.8. The lowest BCUT2D eigenvalue weighted by molar-refractivity contribution is -0.640. The fourth-order valence-electron chi connectivity index (χ4n) is 1.89. The summed E-state index contributed by atoms with van der Waals surface area (Å²) in [4.78, 5) is 11.7. The molecular weight excluding hydrogens is 234 g/mol. The maximum atomic E-state index is 11.8. The second-order valence-electron chi connectivity index (χ2n) is 4.02. The molecule has 7 nitrogen and oxygen atoms in total. The van der Waals surface area contributed by atoms with Crippen molar-refractivity contribution in [3.8, 4) is 0 Å². The average Bonchev–Trinajstić information content (AvgIpc) is 2.72. The van der Waals surface area contributed by atoms with Crippen molar-refractivity contribution in [3.05, 3.63) is 40.7 Å². The van der Waals surface area contributed by atoms with E-state index in [0.717, 1.165) is 5.56 Å². The summed E-state index contributed by atoms with van der Waals surface area (Å²) in [7, 11) is 0. The third-order valence-corrected chi connectivity index (χ3v) is 2.76. The molecule has 0 aliphatic carbocycles. The lowest BCUT2D eigenvalue weighted by Gasteiger charge is -2.02. The molecule has 18 heavy (non-hydrogen) atoms. The zero-order chi connectivity index (χ0) is 12.9. The fraction of sp³-hybridized carbons (Fsp3) is 0.0909. The number of aryl methyl sites for hydroxylation is 1. The van der Waals surface area contributed by atoms with Crippen LogP contribution in [-0.4, -0.2) is 20.6 Å². The number of carbonyl (C=O) groups is 1. The molecule has 2 N–H and O–H groups in total. The van der Waals surface area contributed by atoms with Crippen molar-refractivity contribution in [3.63, 3.8) is 0 Å². The molecule has 7 heteroatoms. The number of hydrogen-bond donors (Lipinski definition) is 1. The van der Waals surface area contributed by atoms with Crippen molar-refractivity contribution in [1.82, 2.24) is 14.7 Å². The number of fused-ring (bicyclic) bond motifs is 3. The molecule has 3 aromatic rings. The van der Waals surface area contributed by atoms with E-state index in [1.165, 1.54) is 10.7 Å². The van der Waals surface area contributed by atoms with E-state index in [4.69, 9.17) is 5.73 Å². The van der Waals surface area contributed by atoms with Crippen molar-refractivity contribution in [2.75, 3.05) is 0 Å². The highest BCUT2D eigenvalue weighted by atomic mass is 16.5. The van der Waals surface area contributed by atoms with E-state index >= 15 is 0 Å². The van der Waals surface area contributed by atoms with Gasteiger partial charge in [-0.05, 0) is 23.4 Å². The number of aromatic nitrogens is 4. The minimum absolute atomic E-state index is 0.128. The summed E-state index contributed by atoms with van der Waals surface area (Å²) in [5.41, 5.74) is 7.44.